The van der Waals surface area contributed by atoms with E-state index in [4.69, 9.17) is 10.4 Å². The summed E-state index contributed by atoms with van der Waals surface area (Å²) in [4.78, 5) is 0. The van der Waals surface area contributed by atoms with Crippen LogP contribution in [0.2, 0.25) is 0 Å². The summed E-state index contributed by atoms with van der Waals surface area (Å²) < 4.78 is 8.58. The molecule has 0 aliphatic rings. The summed E-state index contributed by atoms with van der Waals surface area (Å²) in [6.07, 6.45) is 1.12. The van der Waals surface area contributed by atoms with Crippen molar-refractivity contribution in [1.29, 1.82) is 0 Å². The Morgan fingerprint density at radius 1 is 1.37 bits per heavy atom. The Hall–Kier alpha value is -2.62. The van der Waals surface area contributed by atoms with Gasteiger partial charge in [0.2, 0.25) is 5.84 Å². The molecule has 0 aromatic heterocycles. The molecule has 19 heavy (non-hydrogen) atoms. The average Bonchev–Trinajstić information content (AvgIpc) is 2.46. The van der Waals surface area contributed by atoms with Crippen LogP contribution in [0.1, 0.15) is 5.56 Å². The topological polar surface area (TPSA) is 121 Å². The van der Waals surface area contributed by atoms with Crippen LogP contribution in [-0.2, 0) is 4.53 Å². The van der Waals surface area contributed by atoms with Crippen LogP contribution in [0.25, 0.3) is 0 Å². The van der Waals surface area contributed by atoms with Gasteiger partial charge in [0.1, 0.15) is 0 Å². The Balaban J connectivity index is 2.53. The summed E-state index contributed by atoms with van der Waals surface area (Å²) in [5, 5.41) is 18.1. The van der Waals surface area contributed by atoms with Gasteiger partial charge in [-0.05, 0) is 0 Å². The maximum absolute atomic E-state index is 4.90. The average molecular weight is 278 g/mol. The van der Waals surface area contributed by atoms with Crippen LogP contribution >= 0.6 is 0 Å². The van der Waals surface area contributed by atoms with Crippen LogP contribution in [0.3, 0.4) is 0 Å². The number of nitrogens with two attached hydrogens (primary N) is 1. The Morgan fingerprint density at radius 3 is 2.84 bits per heavy atom. The number of hydrazone groups is 2. The first-order valence-corrected chi connectivity index (χ1v) is 6.50. The molecular weight excluding hydrogens is 264 g/mol. The standard InChI is InChI=1S/C9H14N8OSi/c1-11-14-9(8-5-3-2-4-6-8)15-16-18-19-17-13-7-12-10/h2-7,11H,10,19H2,1H3. The molecule has 0 aliphatic heterocycles. The normalized spacial score (nSPS) is 13.2. The quantitative estimate of drug-likeness (QED) is 0.148. The summed E-state index contributed by atoms with van der Waals surface area (Å²) in [7, 11) is 0.405. The minimum atomic E-state index is -1.27. The molecule has 0 atom stereocenters. The van der Waals surface area contributed by atoms with E-state index >= 15 is 0 Å². The monoisotopic (exact) mass is 278 g/mol. The maximum atomic E-state index is 4.90. The van der Waals surface area contributed by atoms with Gasteiger partial charge in [-0.25, -0.2) is 0 Å². The fourth-order valence-corrected chi connectivity index (χ4v) is 1.36. The molecule has 0 heterocycles. The fraction of sp³-hybridized carbons (Fsp3) is 0.111. The lowest BCUT2D eigenvalue weighted by molar-refractivity contribution is 0.332. The van der Waals surface area contributed by atoms with E-state index in [0.717, 1.165) is 11.9 Å². The Kier molecular flexibility index (Phi) is 7.15. The van der Waals surface area contributed by atoms with Gasteiger partial charge < -0.3 is 15.8 Å². The Labute approximate surface area is 112 Å². The number of hydrogen-bond acceptors (Lipinski definition) is 7. The molecule has 1 aromatic rings. The molecule has 0 aliphatic carbocycles. The second kappa shape index (κ2) is 9.41. The lowest BCUT2D eigenvalue weighted by Gasteiger charge is -1.98. The molecule has 10 heteroatoms. The van der Waals surface area contributed by atoms with Gasteiger partial charge in [-0.1, -0.05) is 35.4 Å². The van der Waals surface area contributed by atoms with Gasteiger partial charge in [0.15, 0.2) is 6.34 Å². The Morgan fingerprint density at radius 2 is 2.16 bits per heavy atom. The molecule has 0 amide bonds. The van der Waals surface area contributed by atoms with Crippen molar-refractivity contribution in [2.75, 3.05) is 7.05 Å². The summed E-state index contributed by atoms with van der Waals surface area (Å²) in [5.74, 6) is 5.25. The summed E-state index contributed by atoms with van der Waals surface area (Å²) in [6, 6.07) is 9.40. The lowest BCUT2D eigenvalue weighted by Crippen LogP contribution is -2.04. The largest absolute Gasteiger partial charge is 0.417 e. The van der Waals surface area contributed by atoms with Crippen molar-refractivity contribution < 1.29 is 4.53 Å². The SMILES string of the molecule is CNN=C(N=NO[SiH2]N=NC=NN)c1ccccc1. The molecule has 0 radical (unpaired) electrons. The summed E-state index contributed by atoms with van der Waals surface area (Å²) in [5.41, 5.74) is 3.47. The van der Waals surface area contributed by atoms with Gasteiger partial charge in [0.25, 0.3) is 0 Å². The predicted octanol–water partition coefficient (Wildman–Crippen LogP) is 0.304. The maximum Gasteiger partial charge on any atom is 0.403 e. The van der Waals surface area contributed by atoms with E-state index in [1.165, 1.54) is 0 Å². The molecule has 1 aromatic carbocycles. The van der Waals surface area contributed by atoms with E-state index in [-0.39, 0.29) is 0 Å². The number of nitrogens with zero attached hydrogens (tertiary/aromatic N) is 6. The van der Waals surface area contributed by atoms with Gasteiger partial charge in [0.05, 0.1) is 0 Å². The highest BCUT2D eigenvalue weighted by molar-refractivity contribution is 6.24. The number of hydrogen-bond donors (Lipinski definition) is 2. The van der Waals surface area contributed by atoms with Gasteiger partial charge in [-0.3, -0.25) is 0 Å². The predicted molar refractivity (Wildman–Crippen MR) is 74.1 cm³/mol. The van der Waals surface area contributed by atoms with Crippen molar-refractivity contribution in [1.82, 2.24) is 5.43 Å². The number of rotatable bonds is 6. The molecule has 0 unspecified atom stereocenters. The molecule has 100 valence electrons. The molecule has 0 spiro atoms. The first kappa shape index (κ1) is 14.4. The molecule has 0 fully saturated rings. The van der Waals surface area contributed by atoms with Gasteiger partial charge in [-0.15, -0.1) is 5.11 Å². The van der Waals surface area contributed by atoms with Crippen molar-refractivity contribution in [3.8, 4) is 0 Å². The number of amidine groups is 1. The zero-order chi connectivity index (χ0) is 13.8. The molecule has 3 N–H and O–H groups in total. The van der Waals surface area contributed by atoms with Crippen LogP contribution in [0.4, 0.5) is 0 Å². The third-order valence-corrected chi connectivity index (χ3v) is 2.27. The van der Waals surface area contributed by atoms with Gasteiger partial charge >= 0.3 is 9.92 Å². The highest BCUT2D eigenvalue weighted by Crippen LogP contribution is 2.02. The fourth-order valence-electron chi connectivity index (χ4n) is 1.06. The van der Waals surface area contributed by atoms with E-state index in [0.29, 0.717) is 5.84 Å². The highest BCUT2D eigenvalue weighted by Gasteiger charge is 2.00. The van der Waals surface area contributed by atoms with Crippen LogP contribution in [0, 0.1) is 0 Å². The van der Waals surface area contributed by atoms with E-state index in [1.807, 2.05) is 30.3 Å². The van der Waals surface area contributed by atoms with Crippen molar-refractivity contribution in [3.05, 3.63) is 35.9 Å². The van der Waals surface area contributed by atoms with E-state index in [1.54, 1.807) is 7.05 Å². The number of benzene rings is 1. The first-order valence-electron chi connectivity index (χ1n) is 5.29. The zero-order valence-electron chi connectivity index (χ0n) is 10.3. The third kappa shape index (κ3) is 6.02. The summed E-state index contributed by atoms with van der Waals surface area (Å²) in [6.45, 7) is 0. The summed E-state index contributed by atoms with van der Waals surface area (Å²) >= 11 is 0. The lowest BCUT2D eigenvalue weighted by atomic mass is 10.2. The van der Waals surface area contributed by atoms with Crippen LogP contribution < -0.4 is 11.3 Å². The van der Waals surface area contributed by atoms with Crippen molar-refractivity contribution in [3.63, 3.8) is 0 Å². The molecule has 0 bridgehead atoms. The highest BCUT2D eigenvalue weighted by atomic mass is 28.2. The molecule has 0 saturated heterocycles. The van der Waals surface area contributed by atoms with Crippen molar-refractivity contribution >= 4 is 22.1 Å². The van der Waals surface area contributed by atoms with Gasteiger partial charge in [0, 0.05) is 17.9 Å². The zero-order valence-corrected chi connectivity index (χ0v) is 11.8. The molecule has 0 saturated carbocycles. The molecule has 1 rings (SSSR count). The molecular formula is C9H14N8OSi. The minimum Gasteiger partial charge on any atom is -0.417 e. The second-order valence-electron chi connectivity index (χ2n) is 2.99. The van der Waals surface area contributed by atoms with E-state index < -0.39 is 9.92 Å². The number of nitrogens with one attached hydrogen (secondary N) is 1. The first-order chi connectivity index (χ1) is 9.38. The smallest absolute Gasteiger partial charge is 0.403 e. The van der Waals surface area contributed by atoms with Crippen molar-refractivity contribution in [2.45, 2.75) is 0 Å². The van der Waals surface area contributed by atoms with Crippen LogP contribution in [-0.4, -0.2) is 29.1 Å². The Bertz CT molecular complexity index is 472. The van der Waals surface area contributed by atoms with E-state index in [9.17, 15) is 0 Å². The van der Waals surface area contributed by atoms with Crippen LogP contribution in [0.15, 0.2) is 60.8 Å². The third-order valence-electron chi connectivity index (χ3n) is 1.76. The van der Waals surface area contributed by atoms with Gasteiger partial charge in [-0.2, -0.15) is 15.0 Å². The van der Waals surface area contributed by atoms with Crippen LogP contribution in [0.5, 0.6) is 0 Å². The molecule has 9 nitrogen and oxygen atoms in total. The minimum absolute atomic E-state index is 0.414. The van der Waals surface area contributed by atoms with E-state index in [2.05, 4.69) is 35.9 Å². The second-order valence-corrected chi connectivity index (χ2v) is 3.79. The van der Waals surface area contributed by atoms with Crippen molar-refractivity contribution in [2.24, 2.45) is 36.3 Å².